The van der Waals surface area contributed by atoms with E-state index >= 15 is 0 Å². The van der Waals surface area contributed by atoms with E-state index in [1.54, 1.807) is 0 Å². The van der Waals surface area contributed by atoms with Crippen LogP contribution < -0.4 is 4.57 Å². The van der Waals surface area contributed by atoms with Crippen LogP contribution in [0.4, 0.5) is 0 Å². The van der Waals surface area contributed by atoms with Gasteiger partial charge in [0.15, 0.2) is 11.7 Å². The zero-order valence-corrected chi connectivity index (χ0v) is 13.9. The minimum Gasteiger partial charge on any atom is -0.256 e. The monoisotopic (exact) mass is 291 g/mol. The number of nitrogens with zero attached hydrogens (tertiary/aromatic N) is 2. The average Bonchev–Trinajstić information content (AvgIpc) is 2.58. The van der Waals surface area contributed by atoms with Crippen LogP contribution in [-0.4, -0.2) is 4.98 Å². The molecule has 4 rings (SSSR count). The van der Waals surface area contributed by atoms with E-state index in [1.165, 1.54) is 21.9 Å². The van der Waals surface area contributed by atoms with Crippen molar-refractivity contribution < 1.29 is 4.57 Å². The van der Waals surface area contributed by atoms with Crippen LogP contribution in [0.15, 0.2) is 42.7 Å². The zero-order chi connectivity index (χ0) is 15.5. The zero-order valence-electron chi connectivity index (χ0n) is 13.9. The first-order valence-corrected chi connectivity index (χ1v) is 8.30. The first-order chi connectivity index (χ1) is 10.6. The lowest BCUT2D eigenvalue weighted by molar-refractivity contribution is -0.750. The standard InChI is InChI=1S/C20H23N2/c1-5-19(3)15-11-12-21-16-10-9-14-8-7-13-22(18(14)17(15)16)20(19,4)6-2/h7-13H,5-6H2,1-4H3/q+1. The molecule has 0 saturated heterocycles. The van der Waals surface area contributed by atoms with Crippen molar-refractivity contribution in [3.63, 3.8) is 0 Å². The summed E-state index contributed by atoms with van der Waals surface area (Å²) in [7, 11) is 0. The van der Waals surface area contributed by atoms with Crippen LogP contribution in [0.3, 0.4) is 0 Å². The van der Waals surface area contributed by atoms with Gasteiger partial charge in [0, 0.05) is 31.0 Å². The Morgan fingerprint density at radius 3 is 2.59 bits per heavy atom. The van der Waals surface area contributed by atoms with Crippen molar-refractivity contribution in [1.29, 1.82) is 0 Å². The fourth-order valence-corrected chi connectivity index (χ4v) is 4.51. The summed E-state index contributed by atoms with van der Waals surface area (Å²) in [4.78, 5) is 4.63. The third-order valence-electron chi connectivity index (χ3n) is 6.37. The number of pyridine rings is 2. The maximum Gasteiger partial charge on any atom is 0.222 e. The molecule has 2 nitrogen and oxygen atoms in total. The van der Waals surface area contributed by atoms with Gasteiger partial charge in [0.25, 0.3) is 0 Å². The third kappa shape index (κ3) is 1.36. The van der Waals surface area contributed by atoms with E-state index in [2.05, 4.69) is 73.8 Å². The highest BCUT2D eigenvalue weighted by atomic mass is 15.1. The largest absolute Gasteiger partial charge is 0.256 e. The second kappa shape index (κ2) is 4.28. The molecule has 0 fully saturated rings. The molecule has 3 heterocycles. The first kappa shape index (κ1) is 13.7. The molecule has 2 unspecified atom stereocenters. The van der Waals surface area contributed by atoms with Gasteiger partial charge in [0.05, 0.1) is 16.3 Å². The maximum atomic E-state index is 4.63. The molecular formula is C20H23N2+. The van der Waals surface area contributed by atoms with Crippen LogP contribution in [0.5, 0.6) is 0 Å². The van der Waals surface area contributed by atoms with Crippen LogP contribution in [-0.2, 0) is 11.0 Å². The highest BCUT2D eigenvalue weighted by molar-refractivity contribution is 6.04. The molecule has 3 aromatic rings. The topological polar surface area (TPSA) is 16.8 Å². The van der Waals surface area contributed by atoms with Gasteiger partial charge >= 0.3 is 0 Å². The predicted molar refractivity (Wildman–Crippen MR) is 91.0 cm³/mol. The molecule has 0 amide bonds. The number of rotatable bonds is 2. The van der Waals surface area contributed by atoms with E-state index in [4.69, 9.17) is 0 Å². The van der Waals surface area contributed by atoms with E-state index < -0.39 is 0 Å². The second-order valence-corrected chi connectivity index (χ2v) is 6.95. The van der Waals surface area contributed by atoms with Crippen molar-refractivity contribution in [1.82, 2.24) is 4.98 Å². The molecule has 0 N–H and O–H groups in total. The normalized spacial score (nSPS) is 26.9. The smallest absolute Gasteiger partial charge is 0.222 e. The third-order valence-corrected chi connectivity index (χ3v) is 6.37. The summed E-state index contributed by atoms with van der Waals surface area (Å²) >= 11 is 0. The van der Waals surface area contributed by atoms with Crippen LogP contribution in [0.1, 0.15) is 46.1 Å². The van der Waals surface area contributed by atoms with E-state index in [1.807, 2.05) is 6.20 Å². The molecule has 0 radical (unpaired) electrons. The Bertz CT molecular complexity index is 824. The minimum atomic E-state index is 0.0733. The van der Waals surface area contributed by atoms with Crippen molar-refractivity contribution in [2.75, 3.05) is 0 Å². The molecule has 1 aromatic carbocycles. The molecule has 0 spiro atoms. The molecule has 112 valence electrons. The van der Waals surface area contributed by atoms with Gasteiger partial charge in [-0.15, -0.1) is 0 Å². The van der Waals surface area contributed by atoms with Crippen molar-refractivity contribution in [3.05, 3.63) is 48.3 Å². The first-order valence-electron chi connectivity index (χ1n) is 8.30. The summed E-state index contributed by atoms with van der Waals surface area (Å²) in [5.41, 5.74) is 4.10. The molecule has 1 aliphatic rings. The van der Waals surface area contributed by atoms with Crippen LogP contribution in [0.2, 0.25) is 0 Å². The summed E-state index contributed by atoms with van der Waals surface area (Å²) < 4.78 is 2.52. The van der Waals surface area contributed by atoms with Crippen molar-refractivity contribution in [2.24, 2.45) is 0 Å². The molecule has 2 aromatic heterocycles. The number of benzene rings is 1. The molecular weight excluding hydrogens is 268 g/mol. The van der Waals surface area contributed by atoms with Crippen molar-refractivity contribution in [2.45, 2.75) is 51.5 Å². The SMILES string of the molecule is CCC1(C)c2ccnc3ccc4ccc[n+](c4c23)C1(C)CC. The molecule has 0 saturated carbocycles. The van der Waals surface area contributed by atoms with E-state index in [9.17, 15) is 0 Å². The van der Waals surface area contributed by atoms with Gasteiger partial charge in [-0.25, -0.2) is 0 Å². The number of aromatic nitrogens is 2. The lowest BCUT2D eigenvalue weighted by atomic mass is 9.61. The number of hydrogen-bond acceptors (Lipinski definition) is 1. The molecule has 22 heavy (non-hydrogen) atoms. The molecule has 2 heteroatoms. The summed E-state index contributed by atoms with van der Waals surface area (Å²) in [6.45, 7) is 9.46. The summed E-state index contributed by atoms with van der Waals surface area (Å²) in [6.07, 6.45) is 6.47. The lowest BCUT2D eigenvalue weighted by Crippen LogP contribution is -2.66. The molecule has 1 aliphatic heterocycles. The Labute approximate surface area is 131 Å². The Hall–Kier alpha value is -1.96. The molecule has 2 atom stereocenters. The van der Waals surface area contributed by atoms with Crippen LogP contribution >= 0.6 is 0 Å². The van der Waals surface area contributed by atoms with Gasteiger partial charge in [0.1, 0.15) is 0 Å². The maximum absolute atomic E-state index is 4.63. The fourth-order valence-electron chi connectivity index (χ4n) is 4.51. The van der Waals surface area contributed by atoms with Crippen molar-refractivity contribution >= 4 is 21.8 Å². The Morgan fingerprint density at radius 2 is 1.86 bits per heavy atom. The van der Waals surface area contributed by atoms with Gasteiger partial charge in [-0.3, -0.25) is 4.98 Å². The fraction of sp³-hybridized carbons (Fsp3) is 0.400. The average molecular weight is 291 g/mol. The van der Waals surface area contributed by atoms with E-state index in [0.717, 1.165) is 18.4 Å². The van der Waals surface area contributed by atoms with Crippen molar-refractivity contribution in [3.8, 4) is 0 Å². The van der Waals surface area contributed by atoms with Gasteiger partial charge in [-0.05, 0) is 43.2 Å². The summed E-state index contributed by atoms with van der Waals surface area (Å²) in [5.74, 6) is 0. The lowest BCUT2D eigenvalue weighted by Gasteiger charge is -2.44. The van der Waals surface area contributed by atoms with Gasteiger partial charge in [-0.1, -0.05) is 13.8 Å². The molecule has 0 bridgehead atoms. The quantitative estimate of drug-likeness (QED) is 0.502. The Balaban J connectivity index is 2.34. The second-order valence-electron chi connectivity index (χ2n) is 6.95. The van der Waals surface area contributed by atoms with E-state index in [0.29, 0.717) is 0 Å². The Morgan fingerprint density at radius 1 is 1.05 bits per heavy atom. The minimum absolute atomic E-state index is 0.0733. The van der Waals surface area contributed by atoms with Crippen LogP contribution in [0.25, 0.3) is 21.8 Å². The van der Waals surface area contributed by atoms with E-state index in [-0.39, 0.29) is 11.0 Å². The van der Waals surface area contributed by atoms with Gasteiger partial charge < -0.3 is 0 Å². The summed E-state index contributed by atoms with van der Waals surface area (Å²) in [5, 5.41) is 2.65. The summed E-state index contributed by atoms with van der Waals surface area (Å²) in [6, 6.07) is 11.0. The van der Waals surface area contributed by atoms with Gasteiger partial charge in [0.2, 0.25) is 5.52 Å². The highest BCUT2D eigenvalue weighted by Gasteiger charge is 2.55. The Kier molecular flexibility index (Phi) is 2.66. The molecule has 0 aliphatic carbocycles. The number of hydrogen-bond donors (Lipinski definition) is 0. The van der Waals surface area contributed by atoms with Gasteiger partial charge in [-0.2, -0.15) is 4.57 Å². The highest BCUT2D eigenvalue weighted by Crippen LogP contribution is 2.48. The van der Waals surface area contributed by atoms with Crippen LogP contribution in [0, 0.1) is 0 Å². The predicted octanol–water partition coefficient (Wildman–Crippen LogP) is 4.48.